The van der Waals surface area contributed by atoms with Crippen molar-refractivity contribution in [3.8, 4) is 12.1 Å². The molecule has 13 heteroatoms. The number of para-hydroxylation sites is 1. The van der Waals surface area contributed by atoms with Gasteiger partial charge in [-0.3, -0.25) is 9.69 Å². The number of carbonyl (C=O) groups is 1. The fourth-order valence-electron chi connectivity index (χ4n) is 3.86. The zero-order valence-corrected chi connectivity index (χ0v) is 24.2. The van der Waals surface area contributed by atoms with Gasteiger partial charge >= 0.3 is 0 Å². The summed E-state index contributed by atoms with van der Waals surface area (Å²) in [6, 6.07) is 14.1. The molecule has 2 aromatic carbocycles. The minimum absolute atomic E-state index is 0. The molecule has 1 amide bonds. The molecule has 3 aromatic rings. The molecule has 1 aromatic heterocycles. The van der Waals surface area contributed by atoms with Gasteiger partial charge in [0.25, 0.3) is 5.91 Å². The molecular formula is C26H30ClFN6O3S2. The van der Waals surface area contributed by atoms with Gasteiger partial charge in [-0.1, -0.05) is 31.3 Å². The van der Waals surface area contributed by atoms with Crippen LogP contribution in [0.1, 0.15) is 37.0 Å². The number of amides is 1. The van der Waals surface area contributed by atoms with E-state index in [2.05, 4.69) is 9.88 Å². The van der Waals surface area contributed by atoms with Crippen molar-refractivity contribution in [1.82, 2.24) is 14.2 Å². The number of hydrogen-bond acceptors (Lipinski definition) is 8. The molecule has 0 atom stereocenters. The van der Waals surface area contributed by atoms with Gasteiger partial charge in [0.05, 0.1) is 21.7 Å². The van der Waals surface area contributed by atoms with E-state index < -0.39 is 15.8 Å². The quantitative estimate of drug-likeness (QED) is 0.283. The third kappa shape index (κ3) is 7.72. The van der Waals surface area contributed by atoms with E-state index in [1.807, 2.05) is 26.0 Å². The number of carbonyl (C=O) groups excluding carboxylic acids is 1. The summed E-state index contributed by atoms with van der Waals surface area (Å²) in [7, 11) is -3.96. The van der Waals surface area contributed by atoms with Gasteiger partial charge in [0, 0.05) is 44.6 Å². The van der Waals surface area contributed by atoms with Crippen LogP contribution in [-0.2, 0) is 10.0 Å². The topological polar surface area (TPSA) is 121 Å². The lowest BCUT2D eigenvalue weighted by Crippen LogP contribution is -2.39. The van der Waals surface area contributed by atoms with Crippen LogP contribution in [0.5, 0.6) is 0 Å². The number of sulfonamides is 1. The van der Waals surface area contributed by atoms with Gasteiger partial charge in [-0.25, -0.2) is 17.8 Å². The van der Waals surface area contributed by atoms with Crippen LogP contribution < -0.4 is 4.90 Å². The first-order chi connectivity index (χ1) is 18.3. The third-order valence-electron chi connectivity index (χ3n) is 6.05. The van der Waals surface area contributed by atoms with E-state index in [-0.39, 0.29) is 60.2 Å². The molecule has 0 bridgehead atoms. The molecule has 0 saturated heterocycles. The number of likely N-dealkylation sites (N-methyl/N-ethyl adjacent to an activating group) is 1. The summed E-state index contributed by atoms with van der Waals surface area (Å²) >= 11 is 1.22. The molecule has 1 heterocycles. The highest BCUT2D eigenvalue weighted by atomic mass is 35.5. The molecule has 0 spiro atoms. The van der Waals surface area contributed by atoms with Crippen molar-refractivity contribution in [2.24, 2.45) is 0 Å². The standard InChI is InChI=1S/C26H29FN6O3S2.ClH/c1-3-31(4-2)18-19-33(26-30-24-22(27)8-5-9-23(24)37-26)25(34)20-10-12-21(13-11-20)38(35,36)32(16-6-14-28)17-7-15-29;/h5,8-13H,3-4,6-7,16-19H2,1-2H3;1H. The molecule has 0 fully saturated rings. The molecule has 0 aliphatic rings. The fourth-order valence-corrected chi connectivity index (χ4v) is 6.31. The van der Waals surface area contributed by atoms with Gasteiger partial charge in [-0.2, -0.15) is 14.8 Å². The van der Waals surface area contributed by atoms with Crippen LogP contribution in [0.25, 0.3) is 10.2 Å². The van der Waals surface area contributed by atoms with Gasteiger partial charge in [-0.15, -0.1) is 12.4 Å². The Morgan fingerprint density at radius 3 is 2.13 bits per heavy atom. The van der Waals surface area contributed by atoms with E-state index in [0.717, 1.165) is 17.4 Å². The Morgan fingerprint density at radius 2 is 1.59 bits per heavy atom. The molecule has 39 heavy (non-hydrogen) atoms. The minimum Gasteiger partial charge on any atom is -0.302 e. The van der Waals surface area contributed by atoms with Crippen LogP contribution in [0.15, 0.2) is 47.4 Å². The van der Waals surface area contributed by atoms with Gasteiger partial charge in [0.15, 0.2) is 5.13 Å². The number of thiazole rings is 1. The van der Waals surface area contributed by atoms with Crippen molar-refractivity contribution in [2.75, 3.05) is 44.2 Å². The van der Waals surface area contributed by atoms with Gasteiger partial charge in [0.1, 0.15) is 11.3 Å². The summed E-state index contributed by atoms with van der Waals surface area (Å²) in [6.45, 7) is 6.48. The zero-order chi connectivity index (χ0) is 27.7. The molecular weight excluding hydrogens is 563 g/mol. The SMILES string of the molecule is CCN(CC)CCN(C(=O)c1ccc(S(=O)(=O)N(CCC#N)CCC#N)cc1)c1nc2c(F)cccc2s1.Cl. The van der Waals surface area contributed by atoms with Crippen LogP contribution in [-0.4, -0.2) is 67.8 Å². The number of halogens is 2. The third-order valence-corrected chi connectivity index (χ3v) is 9.01. The van der Waals surface area contributed by atoms with E-state index in [1.54, 1.807) is 12.1 Å². The lowest BCUT2D eigenvalue weighted by atomic mass is 10.2. The first-order valence-corrected chi connectivity index (χ1v) is 14.5. The average Bonchev–Trinajstić information content (AvgIpc) is 3.36. The van der Waals surface area contributed by atoms with Crippen molar-refractivity contribution >= 4 is 55.0 Å². The molecule has 0 unspecified atom stereocenters. The van der Waals surface area contributed by atoms with Crippen molar-refractivity contribution in [3.63, 3.8) is 0 Å². The van der Waals surface area contributed by atoms with Crippen molar-refractivity contribution in [3.05, 3.63) is 53.8 Å². The summed E-state index contributed by atoms with van der Waals surface area (Å²) in [5.74, 6) is -0.848. The maximum Gasteiger partial charge on any atom is 0.260 e. The predicted octanol–water partition coefficient (Wildman–Crippen LogP) is 4.66. The lowest BCUT2D eigenvalue weighted by molar-refractivity contribution is 0.0983. The van der Waals surface area contributed by atoms with Crippen LogP contribution in [0.3, 0.4) is 0 Å². The highest BCUT2D eigenvalue weighted by molar-refractivity contribution is 7.89. The molecule has 208 valence electrons. The number of benzene rings is 2. The van der Waals surface area contributed by atoms with E-state index in [0.29, 0.717) is 22.9 Å². The smallest absolute Gasteiger partial charge is 0.260 e. The Hall–Kier alpha value is -3.13. The Morgan fingerprint density at radius 1 is 0.974 bits per heavy atom. The van der Waals surface area contributed by atoms with Crippen molar-refractivity contribution in [1.29, 1.82) is 10.5 Å². The van der Waals surface area contributed by atoms with E-state index >= 15 is 0 Å². The number of nitrogens with zero attached hydrogens (tertiary/aromatic N) is 6. The largest absolute Gasteiger partial charge is 0.302 e. The minimum atomic E-state index is -3.96. The average molecular weight is 593 g/mol. The second-order valence-corrected chi connectivity index (χ2v) is 11.3. The predicted molar refractivity (Wildman–Crippen MR) is 152 cm³/mol. The van der Waals surface area contributed by atoms with Crippen LogP contribution in [0, 0.1) is 28.5 Å². The van der Waals surface area contributed by atoms with Crippen LogP contribution in [0.4, 0.5) is 9.52 Å². The highest BCUT2D eigenvalue weighted by Gasteiger charge is 2.26. The summed E-state index contributed by atoms with van der Waals surface area (Å²) in [5, 5.41) is 18.1. The van der Waals surface area contributed by atoms with Crippen LogP contribution in [0.2, 0.25) is 0 Å². The zero-order valence-electron chi connectivity index (χ0n) is 21.7. The van der Waals surface area contributed by atoms with E-state index in [9.17, 15) is 17.6 Å². The maximum absolute atomic E-state index is 14.3. The molecule has 9 nitrogen and oxygen atoms in total. The number of anilines is 1. The van der Waals surface area contributed by atoms with Crippen molar-refractivity contribution < 1.29 is 17.6 Å². The first kappa shape index (κ1) is 32.1. The molecule has 0 aliphatic carbocycles. The van der Waals surface area contributed by atoms with Crippen LogP contribution >= 0.6 is 23.7 Å². The van der Waals surface area contributed by atoms with Crippen molar-refractivity contribution in [2.45, 2.75) is 31.6 Å². The summed E-state index contributed by atoms with van der Waals surface area (Å²) < 4.78 is 42.3. The summed E-state index contributed by atoms with van der Waals surface area (Å²) in [4.78, 5) is 21.6. The Kier molecular flexibility index (Phi) is 12.2. The molecule has 0 saturated carbocycles. The first-order valence-electron chi connectivity index (χ1n) is 12.2. The Bertz CT molecular complexity index is 1430. The summed E-state index contributed by atoms with van der Waals surface area (Å²) in [5.41, 5.74) is 0.452. The number of aromatic nitrogens is 1. The van der Waals surface area contributed by atoms with E-state index in [4.69, 9.17) is 10.5 Å². The van der Waals surface area contributed by atoms with E-state index in [1.165, 1.54) is 46.6 Å². The Labute approximate surface area is 238 Å². The van der Waals surface area contributed by atoms with Gasteiger partial charge in [0.2, 0.25) is 10.0 Å². The number of hydrogen-bond donors (Lipinski definition) is 0. The maximum atomic E-state index is 14.3. The number of fused-ring (bicyclic) bond motifs is 1. The number of nitriles is 2. The molecule has 3 rings (SSSR count). The molecule has 0 radical (unpaired) electrons. The van der Waals surface area contributed by atoms with Gasteiger partial charge < -0.3 is 4.90 Å². The normalized spacial score (nSPS) is 11.3. The molecule has 0 aliphatic heterocycles. The Balaban J connectivity index is 0.00000533. The monoisotopic (exact) mass is 592 g/mol. The summed E-state index contributed by atoms with van der Waals surface area (Å²) in [6.07, 6.45) is -0.0169. The second kappa shape index (κ2) is 14.9. The second-order valence-electron chi connectivity index (χ2n) is 8.31. The fraction of sp³-hybridized carbons (Fsp3) is 0.385. The van der Waals surface area contributed by atoms with Gasteiger partial charge in [-0.05, 0) is 49.5 Å². The number of rotatable bonds is 13. The molecule has 0 N–H and O–H groups in total. The lowest BCUT2D eigenvalue weighted by Gasteiger charge is -2.25. The highest BCUT2D eigenvalue weighted by Crippen LogP contribution is 2.31.